The van der Waals surface area contributed by atoms with Crippen LogP contribution in [-0.4, -0.2) is 24.3 Å². The van der Waals surface area contributed by atoms with E-state index in [1.807, 2.05) is 20.8 Å². The highest BCUT2D eigenvalue weighted by atomic mass is 16.5. The summed E-state index contributed by atoms with van der Waals surface area (Å²) in [6, 6.07) is 0. The Morgan fingerprint density at radius 2 is 2.00 bits per heavy atom. The molecule has 0 spiro atoms. The van der Waals surface area contributed by atoms with Crippen LogP contribution in [0.5, 0.6) is 0 Å². The fraction of sp³-hybridized carbons (Fsp3) is 0.923. The summed E-state index contributed by atoms with van der Waals surface area (Å²) in [5.41, 5.74) is -0.335. The number of aliphatic hydroxyl groups is 1. The highest BCUT2D eigenvalue weighted by Crippen LogP contribution is 2.18. The van der Waals surface area contributed by atoms with Gasteiger partial charge in [0.15, 0.2) is 0 Å². The van der Waals surface area contributed by atoms with Crippen LogP contribution < -0.4 is 0 Å². The van der Waals surface area contributed by atoms with Gasteiger partial charge in [0.25, 0.3) is 0 Å². The Balaban J connectivity index is 4.01. The molecule has 3 nitrogen and oxygen atoms in total. The molecule has 0 saturated carbocycles. The van der Waals surface area contributed by atoms with E-state index in [2.05, 4.69) is 6.92 Å². The van der Waals surface area contributed by atoms with Crippen LogP contribution in [0.4, 0.5) is 0 Å². The minimum absolute atomic E-state index is 0.0226. The van der Waals surface area contributed by atoms with Gasteiger partial charge in [0, 0.05) is 5.41 Å². The number of rotatable bonds is 8. The van der Waals surface area contributed by atoms with Crippen molar-refractivity contribution in [2.24, 2.45) is 11.3 Å². The van der Waals surface area contributed by atoms with Crippen LogP contribution in [0.1, 0.15) is 53.4 Å². The van der Waals surface area contributed by atoms with Crippen molar-refractivity contribution in [3.63, 3.8) is 0 Å². The molecule has 0 amide bonds. The predicted octanol–water partition coefficient (Wildman–Crippen LogP) is 2.76. The van der Waals surface area contributed by atoms with Gasteiger partial charge in [-0.1, -0.05) is 40.5 Å². The van der Waals surface area contributed by atoms with Crippen LogP contribution in [0.25, 0.3) is 0 Å². The third kappa shape index (κ3) is 6.11. The van der Waals surface area contributed by atoms with Crippen LogP contribution in [0.2, 0.25) is 0 Å². The summed E-state index contributed by atoms with van der Waals surface area (Å²) in [6.07, 6.45) is 3.91. The molecule has 0 fully saturated rings. The Labute approximate surface area is 99.2 Å². The van der Waals surface area contributed by atoms with Gasteiger partial charge in [-0.15, -0.1) is 0 Å². The summed E-state index contributed by atoms with van der Waals surface area (Å²) < 4.78 is 5.25. The van der Waals surface area contributed by atoms with Crippen molar-refractivity contribution >= 4 is 5.97 Å². The van der Waals surface area contributed by atoms with E-state index in [1.165, 1.54) is 0 Å². The second-order valence-corrected chi connectivity index (χ2v) is 5.18. The van der Waals surface area contributed by atoms with Crippen molar-refractivity contribution in [3.8, 4) is 0 Å². The first-order valence-electron chi connectivity index (χ1n) is 6.24. The van der Waals surface area contributed by atoms with E-state index in [-0.39, 0.29) is 23.9 Å². The second kappa shape index (κ2) is 7.66. The number of hydrogen-bond acceptors (Lipinski definition) is 3. The summed E-state index contributed by atoms with van der Waals surface area (Å²) in [6.45, 7) is 8.23. The molecular formula is C13H26O3. The molecule has 96 valence electrons. The van der Waals surface area contributed by atoms with Gasteiger partial charge >= 0.3 is 5.97 Å². The molecule has 0 aliphatic rings. The molecule has 16 heavy (non-hydrogen) atoms. The number of unbranched alkanes of at least 4 members (excludes halogenated alkanes) is 1. The van der Waals surface area contributed by atoms with Gasteiger partial charge in [-0.2, -0.15) is 0 Å². The number of aliphatic hydroxyl groups excluding tert-OH is 1. The van der Waals surface area contributed by atoms with Crippen molar-refractivity contribution in [2.75, 3.05) is 13.2 Å². The average Bonchev–Trinajstić information content (AvgIpc) is 2.27. The molecule has 0 aromatic carbocycles. The first-order chi connectivity index (χ1) is 7.46. The largest absolute Gasteiger partial charge is 0.465 e. The van der Waals surface area contributed by atoms with Crippen LogP contribution in [0.15, 0.2) is 0 Å². The number of hydrogen-bond donors (Lipinski definition) is 1. The molecule has 0 aliphatic heterocycles. The Hall–Kier alpha value is -0.570. The van der Waals surface area contributed by atoms with Gasteiger partial charge in [-0.3, -0.25) is 4.79 Å². The van der Waals surface area contributed by atoms with Gasteiger partial charge in [0.2, 0.25) is 0 Å². The molecule has 0 heterocycles. The molecular weight excluding hydrogens is 204 g/mol. The molecule has 1 unspecified atom stereocenters. The first kappa shape index (κ1) is 15.4. The van der Waals surface area contributed by atoms with Crippen LogP contribution >= 0.6 is 0 Å². The Morgan fingerprint density at radius 1 is 1.38 bits per heavy atom. The third-order valence-electron chi connectivity index (χ3n) is 2.77. The van der Waals surface area contributed by atoms with Gasteiger partial charge in [0.1, 0.15) is 0 Å². The van der Waals surface area contributed by atoms with Crippen molar-refractivity contribution < 1.29 is 14.6 Å². The molecule has 0 aromatic rings. The van der Waals surface area contributed by atoms with E-state index in [0.717, 1.165) is 25.7 Å². The first-order valence-corrected chi connectivity index (χ1v) is 6.24. The Kier molecular flexibility index (Phi) is 7.39. The molecule has 3 heteroatoms. The second-order valence-electron chi connectivity index (χ2n) is 5.18. The molecule has 1 N–H and O–H groups in total. The fourth-order valence-electron chi connectivity index (χ4n) is 1.37. The lowest BCUT2D eigenvalue weighted by atomic mass is 9.96. The minimum Gasteiger partial charge on any atom is -0.465 e. The molecule has 0 bridgehead atoms. The molecule has 0 rings (SSSR count). The van der Waals surface area contributed by atoms with Crippen LogP contribution in [0, 0.1) is 11.3 Å². The maximum absolute atomic E-state index is 11.7. The summed E-state index contributed by atoms with van der Waals surface area (Å²) in [5, 5.41) is 9.05. The Morgan fingerprint density at radius 3 is 2.44 bits per heavy atom. The summed E-state index contributed by atoms with van der Waals surface area (Å²) >= 11 is 0. The standard InChI is InChI=1S/C13H26O3/c1-5-7-8-11(6-2)12(15)16-10-13(3,4)9-14/h11,14H,5-10H2,1-4H3. The minimum atomic E-state index is -0.335. The van der Waals surface area contributed by atoms with Crippen molar-refractivity contribution in [1.82, 2.24) is 0 Å². The van der Waals surface area contributed by atoms with Gasteiger partial charge in [-0.05, 0) is 12.8 Å². The van der Waals surface area contributed by atoms with Gasteiger partial charge in [0.05, 0.1) is 19.1 Å². The van der Waals surface area contributed by atoms with Crippen molar-refractivity contribution in [1.29, 1.82) is 0 Å². The van der Waals surface area contributed by atoms with Gasteiger partial charge < -0.3 is 9.84 Å². The summed E-state index contributed by atoms with van der Waals surface area (Å²) in [4.78, 5) is 11.7. The molecule has 0 radical (unpaired) electrons. The van der Waals surface area contributed by atoms with E-state index in [1.54, 1.807) is 0 Å². The highest BCUT2D eigenvalue weighted by molar-refractivity contribution is 5.72. The number of ether oxygens (including phenoxy) is 1. The van der Waals surface area contributed by atoms with Crippen LogP contribution in [-0.2, 0) is 9.53 Å². The molecule has 1 atom stereocenters. The normalized spacial score (nSPS) is 13.6. The van der Waals surface area contributed by atoms with E-state index >= 15 is 0 Å². The molecule has 0 aromatic heterocycles. The maximum Gasteiger partial charge on any atom is 0.308 e. The summed E-state index contributed by atoms with van der Waals surface area (Å²) in [5.74, 6) is -0.0908. The fourth-order valence-corrected chi connectivity index (χ4v) is 1.37. The van der Waals surface area contributed by atoms with E-state index in [4.69, 9.17) is 9.84 Å². The third-order valence-corrected chi connectivity index (χ3v) is 2.77. The molecule has 0 saturated heterocycles. The zero-order valence-corrected chi connectivity index (χ0v) is 11.1. The molecule has 0 aliphatic carbocycles. The average molecular weight is 230 g/mol. The predicted molar refractivity (Wildman–Crippen MR) is 65.1 cm³/mol. The smallest absolute Gasteiger partial charge is 0.308 e. The van der Waals surface area contributed by atoms with E-state index in [9.17, 15) is 4.79 Å². The highest BCUT2D eigenvalue weighted by Gasteiger charge is 2.22. The van der Waals surface area contributed by atoms with Gasteiger partial charge in [-0.25, -0.2) is 0 Å². The lowest BCUT2D eigenvalue weighted by Crippen LogP contribution is -2.28. The monoisotopic (exact) mass is 230 g/mol. The number of carbonyl (C=O) groups excluding carboxylic acids is 1. The quantitative estimate of drug-likeness (QED) is 0.652. The summed E-state index contributed by atoms with van der Waals surface area (Å²) in [7, 11) is 0. The number of carbonyl (C=O) groups is 1. The lowest BCUT2D eigenvalue weighted by Gasteiger charge is -2.22. The van der Waals surface area contributed by atoms with Crippen molar-refractivity contribution in [2.45, 2.75) is 53.4 Å². The SMILES string of the molecule is CCCCC(CC)C(=O)OCC(C)(C)CO. The zero-order chi connectivity index (χ0) is 12.6. The van der Waals surface area contributed by atoms with E-state index < -0.39 is 0 Å². The zero-order valence-electron chi connectivity index (χ0n) is 11.1. The maximum atomic E-state index is 11.7. The topological polar surface area (TPSA) is 46.5 Å². The number of esters is 1. The van der Waals surface area contributed by atoms with Crippen molar-refractivity contribution in [3.05, 3.63) is 0 Å². The Bertz CT molecular complexity index is 199. The van der Waals surface area contributed by atoms with E-state index in [0.29, 0.717) is 6.61 Å². The lowest BCUT2D eigenvalue weighted by molar-refractivity contribution is -0.152. The van der Waals surface area contributed by atoms with Crippen LogP contribution in [0.3, 0.4) is 0 Å².